The van der Waals surface area contributed by atoms with Crippen molar-refractivity contribution in [1.82, 2.24) is 20.0 Å². The largest absolute Gasteiger partial charge is 0.494 e. The fourth-order valence-electron chi connectivity index (χ4n) is 8.83. The number of allylic oxidation sites excluding steroid dienone is 2. The number of nitrogens with zero attached hydrogens (tertiary/aromatic N) is 3. The lowest BCUT2D eigenvalue weighted by Gasteiger charge is -2.19. The second-order valence-electron chi connectivity index (χ2n) is 20.5. The van der Waals surface area contributed by atoms with E-state index in [4.69, 9.17) is 24.7 Å². The molecule has 13 heteroatoms. The summed E-state index contributed by atoms with van der Waals surface area (Å²) in [5, 5.41) is 11.6. The number of hydrogen-bond acceptors (Lipinski definition) is 8. The Morgan fingerprint density at radius 1 is 0.653 bits per heavy atom. The van der Waals surface area contributed by atoms with Gasteiger partial charge in [0.25, 0.3) is 0 Å². The third-order valence-electron chi connectivity index (χ3n) is 12.4. The third kappa shape index (κ3) is 15.2. The number of aromatic amines is 1. The zero-order valence-corrected chi connectivity index (χ0v) is 45.6. The monoisotopic (exact) mass is 1030 g/mol. The molecule has 0 bridgehead atoms. The average Bonchev–Trinajstić information content (AvgIpc) is 3.93. The number of esters is 1. The lowest BCUT2D eigenvalue weighted by atomic mass is 9.88. The van der Waals surface area contributed by atoms with Crippen LogP contribution in [0.25, 0.3) is 44.1 Å². The van der Waals surface area contributed by atoms with Crippen LogP contribution in [0.3, 0.4) is 0 Å². The van der Waals surface area contributed by atoms with Crippen molar-refractivity contribution >= 4 is 58.1 Å². The maximum absolute atomic E-state index is 15.2. The maximum atomic E-state index is 15.2. The smallest absolute Gasteiger partial charge is 0.306 e. The summed E-state index contributed by atoms with van der Waals surface area (Å²) in [6.45, 7) is 19.0. The predicted octanol–water partition coefficient (Wildman–Crippen LogP) is 14.8. The second kappa shape index (κ2) is 25.8. The summed E-state index contributed by atoms with van der Waals surface area (Å²) in [6.07, 6.45) is 2.49. The number of benzene rings is 6. The van der Waals surface area contributed by atoms with E-state index in [1.165, 1.54) is 5.57 Å². The van der Waals surface area contributed by atoms with E-state index in [2.05, 4.69) is 73.1 Å². The van der Waals surface area contributed by atoms with Gasteiger partial charge in [0.15, 0.2) is 0 Å². The van der Waals surface area contributed by atoms with Crippen molar-refractivity contribution < 1.29 is 32.5 Å². The van der Waals surface area contributed by atoms with E-state index in [0.29, 0.717) is 61.0 Å². The number of halogens is 2. The van der Waals surface area contributed by atoms with Crippen molar-refractivity contribution in [3.05, 3.63) is 191 Å². The Hall–Kier alpha value is -7.19. The summed E-state index contributed by atoms with van der Waals surface area (Å²) in [5.74, 6) is 0.342. The number of ether oxygens (including phenoxy) is 4. The molecule has 2 aromatic heterocycles. The molecule has 0 saturated heterocycles. The van der Waals surface area contributed by atoms with Gasteiger partial charge in [0.1, 0.15) is 30.4 Å². The molecule has 0 radical (unpaired) electrons. The van der Waals surface area contributed by atoms with Crippen molar-refractivity contribution in [3.8, 4) is 11.5 Å². The molecule has 0 saturated carbocycles. The first kappa shape index (κ1) is 55.6. The van der Waals surface area contributed by atoms with Gasteiger partial charge in [-0.3, -0.25) is 9.89 Å². The van der Waals surface area contributed by atoms with Crippen LogP contribution in [0.1, 0.15) is 93.7 Å². The maximum Gasteiger partial charge on any atom is 0.306 e. The van der Waals surface area contributed by atoms with E-state index in [9.17, 15) is 9.18 Å². The number of rotatable bonds is 21. The molecule has 8 rings (SSSR count). The van der Waals surface area contributed by atoms with Gasteiger partial charge in [0.05, 0.1) is 28.4 Å². The Bertz CT molecular complexity index is 3190. The first-order valence-electron chi connectivity index (χ1n) is 25.9. The summed E-state index contributed by atoms with van der Waals surface area (Å²) in [6, 6.07) is 49.1. The molecule has 0 amide bonds. The van der Waals surface area contributed by atoms with Gasteiger partial charge >= 0.3 is 5.97 Å². The van der Waals surface area contributed by atoms with E-state index in [-0.39, 0.29) is 12.7 Å². The zero-order chi connectivity index (χ0) is 53.5. The molecule has 0 aliphatic rings. The quantitative estimate of drug-likeness (QED) is 0.0315. The highest BCUT2D eigenvalue weighted by Gasteiger charge is 2.20. The van der Waals surface area contributed by atoms with E-state index in [1.807, 2.05) is 142 Å². The molecule has 0 fully saturated rings. The van der Waals surface area contributed by atoms with Gasteiger partial charge in [0.2, 0.25) is 11.9 Å². The summed E-state index contributed by atoms with van der Waals surface area (Å²) >= 11 is 0. The van der Waals surface area contributed by atoms with Crippen molar-refractivity contribution in [3.63, 3.8) is 0 Å². The molecule has 75 heavy (non-hydrogen) atoms. The topological polar surface area (TPSA) is 127 Å². The first-order valence-corrected chi connectivity index (χ1v) is 29.6. The number of hydrogen-bond donors (Lipinski definition) is 2. The minimum atomic E-state index is -1.22. The van der Waals surface area contributed by atoms with Gasteiger partial charge in [-0.25, -0.2) is 4.68 Å². The van der Waals surface area contributed by atoms with Gasteiger partial charge in [-0.1, -0.05) is 131 Å². The van der Waals surface area contributed by atoms with E-state index < -0.39 is 25.6 Å². The summed E-state index contributed by atoms with van der Waals surface area (Å²) in [4.78, 5) is 12.0. The lowest BCUT2D eigenvalue weighted by molar-refractivity contribution is -0.155. The molecule has 3 N–H and O–H groups in total. The minimum Gasteiger partial charge on any atom is -0.494 e. The molecular weight excluding hydrogens is 961 g/mol. The molecule has 0 atom stereocenters. The van der Waals surface area contributed by atoms with E-state index in [0.717, 1.165) is 80.5 Å². The molecular formula is C62H71F2N5O5Si. The highest BCUT2D eigenvalue weighted by Crippen LogP contribution is 2.38. The Morgan fingerprint density at radius 2 is 1.17 bits per heavy atom. The first-order chi connectivity index (χ1) is 36.0. The van der Waals surface area contributed by atoms with Crippen LogP contribution in [0.15, 0.2) is 146 Å². The van der Waals surface area contributed by atoms with Crippen LogP contribution < -0.4 is 15.2 Å². The fourth-order valence-corrected chi connectivity index (χ4v) is 9.59. The minimum absolute atomic E-state index is 0.219. The molecule has 10 nitrogen and oxygen atoms in total. The Kier molecular flexibility index (Phi) is 19.1. The van der Waals surface area contributed by atoms with Crippen LogP contribution in [-0.4, -0.2) is 66.0 Å². The Morgan fingerprint density at radius 3 is 1.69 bits per heavy atom. The lowest BCUT2D eigenvalue weighted by Crippen LogP contribution is -2.23. The standard InChI is InChI=1S/C37H47FN2O4Si.C25H24FN3O/c1-8-31(27-13-10-9-11-14-27)35(28-16-19-30(20-17-28)43-22-12-15-34(41)44-37(2,3)4)29-18-21-33-32(25-29)36(38)39-40(33)26-42-23-24-45(5,6)7;1-2-21(17-6-4-3-5-7-17)24(18-8-11-20(12-9-18)30-15-14-27)19-10-13-23-22(16-19)25(26)29-28-23/h9-11,13-14,16-21,25H,8,12,15,22-24,26H2,1-7H3;3-13,16H,2,14-15,27H2,1H3,(H,28,29)/b35-31+;24-21+. The van der Waals surface area contributed by atoms with E-state index in [1.54, 1.807) is 4.68 Å². The normalized spacial score (nSPS) is 12.5. The van der Waals surface area contributed by atoms with Crippen LogP contribution in [0.5, 0.6) is 11.5 Å². The third-order valence-corrected chi connectivity index (χ3v) is 14.1. The number of nitrogens with one attached hydrogen (secondary N) is 1. The van der Waals surface area contributed by atoms with Gasteiger partial charge in [-0.15, -0.1) is 5.10 Å². The van der Waals surface area contributed by atoms with Gasteiger partial charge in [-0.05, 0) is 150 Å². The highest BCUT2D eigenvalue weighted by atomic mass is 28.3. The van der Waals surface area contributed by atoms with Crippen molar-refractivity contribution in [2.75, 3.05) is 26.4 Å². The average molecular weight is 1030 g/mol. The molecule has 0 aliphatic heterocycles. The molecule has 2 heterocycles. The Labute approximate surface area is 441 Å². The summed E-state index contributed by atoms with van der Waals surface area (Å²) < 4.78 is 53.9. The Balaban J connectivity index is 0.000000236. The predicted molar refractivity (Wildman–Crippen MR) is 303 cm³/mol. The van der Waals surface area contributed by atoms with Crippen LogP contribution in [0.2, 0.25) is 25.7 Å². The zero-order valence-electron chi connectivity index (χ0n) is 44.6. The van der Waals surface area contributed by atoms with E-state index >= 15 is 4.39 Å². The number of nitrogens with two attached hydrogens (primary N) is 1. The SMILES string of the molecule is CC/C(=C(/c1ccc(OCCCC(=O)OC(C)(C)C)cc1)c1ccc2c(c1)c(F)nn2COCC[Si](C)(C)C)c1ccccc1.CC/C(=C(/c1ccc(OCCN)cc1)c1ccc2n[nH]c(F)c2c1)c1ccccc1. The van der Waals surface area contributed by atoms with Crippen LogP contribution >= 0.6 is 0 Å². The van der Waals surface area contributed by atoms with Crippen molar-refractivity contribution in [2.45, 2.75) is 98.3 Å². The number of H-pyrrole nitrogens is 1. The van der Waals surface area contributed by atoms with Crippen LogP contribution in [-0.2, 0) is 21.0 Å². The van der Waals surface area contributed by atoms with Gasteiger partial charge in [0, 0.05) is 27.6 Å². The summed E-state index contributed by atoms with van der Waals surface area (Å²) in [7, 11) is -1.22. The molecule has 0 aliphatic carbocycles. The number of carbonyl (C=O) groups excluding carboxylic acids is 1. The van der Waals surface area contributed by atoms with Crippen LogP contribution in [0, 0.1) is 11.9 Å². The van der Waals surface area contributed by atoms with Gasteiger partial charge in [-0.2, -0.15) is 13.9 Å². The molecule has 392 valence electrons. The van der Waals surface area contributed by atoms with Crippen molar-refractivity contribution in [2.24, 2.45) is 5.73 Å². The second-order valence-corrected chi connectivity index (χ2v) is 26.1. The number of fused-ring (bicyclic) bond motifs is 2. The molecule has 6 aromatic carbocycles. The fraction of sp³-hybridized carbons (Fsp3) is 0.306. The highest BCUT2D eigenvalue weighted by molar-refractivity contribution is 6.76. The molecule has 0 spiro atoms. The number of aromatic nitrogens is 4. The molecule has 0 unspecified atom stereocenters. The molecule has 8 aromatic rings. The van der Waals surface area contributed by atoms with Gasteiger partial charge < -0.3 is 24.7 Å². The van der Waals surface area contributed by atoms with Crippen molar-refractivity contribution in [1.29, 1.82) is 0 Å². The van der Waals surface area contributed by atoms with Crippen LogP contribution in [0.4, 0.5) is 8.78 Å². The summed E-state index contributed by atoms with van der Waals surface area (Å²) in [5.41, 5.74) is 16.9. The number of carbonyl (C=O) groups is 1.